The molecule has 2 aromatic heterocycles. The molecule has 0 bridgehead atoms. The molecule has 0 radical (unpaired) electrons. The summed E-state index contributed by atoms with van der Waals surface area (Å²) >= 11 is 0. The van der Waals surface area contributed by atoms with Crippen LogP contribution in [0.15, 0.2) is 59.4 Å². The molecule has 0 saturated heterocycles. The van der Waals surface area contributed by atoms with Gasteiger partial charge in [-0.25, -0.2) is 23.1 Å². The summed E-state index contributed by atoms with van der Waals surface area (Å²) in [6.45, 7) is 11.3. The highest BCUT2D eigenvalue weighted by molar-refractivity contribution is 5.86. The van der Waals surface area contributed by atoms with E-state index >= 15 is 0 Å². The van der Waals surface area contributed by atoms with Gasteiger partial charge in [-0.15, -0.1) is 0 Å². The molecule has 2 heterocycles. The van der Waals surface area contributed by atoms with Crippen molar-refractivity contribution in [2.24, 2.45) is 5.92 Å². The number of fused-ring (bicyclic) bond motifs is 1. The molecule has 0 atom stereocenters. The standard InChI is InChI=1S/C24H23F2N3O2/c1-6-7-10-19(14(4)13(2)3)29-23-16(15(5)27-24(29)31)12-18(26)22(28-23)21-17(25)9-8-11-20(21)30/h6-13,30H,4H2,1-3,5H3/b7-6-,19-10+. The Bertz CT molecular complexity index is 1280. The first-order valence-corrected chi connectivity index (χ1v) is 9.77. The zero-order valence-electron chi connectivity index (χ0n) is 17.8. The maximum Gasteiger partial charge on any atom is 0.354 e. The summed E-state index contributed by atoms with van der Waals surface area (Å²) < 4.78 is 30.7. The van der Waals surface area contributed by atoms with Crippen molar-refractivity contribution in [3.63, 3.8) is 0 Å². The largest absolute Gasteiger partial charge is 0.507 e. The summed E-state index contributed by atoms with van der Waals surface area (Å²) in [5.74, 6) is -2.14. The van der Waals surface area contributed by atoms with Gasteiger partial charge in [-0.3, -0.25) is 0 Å². The molecule has 5 nitrogen and oxygen atoms in total. The summed E-state index contributed by atoms with van der Waals surface area (Å²) in [6, 6.07) is 4.80. The Balaban J connectivity index is 2.48. The molecule has 0 saturated carbocycles. The van der Waals surface area contributed by atoms with Gasteiger partial charge in [0.15, 0.2) is 11.5 Å². The summed E-state index contributed by atoms with van der Waals surface area (Å²) in [7, 11) is 0. The van der Waals surface area contributed by atoms with E-state index in [1.807, 2.05) is 20.8 Å². The Morgan fingerprint density at radius 1 is 1.23 bits per heavy atom. The fraction of sp³-hybridized carbons (Fsp3) is 0.208. The lowest BCUT2D eigenvalue weighted by Gasteiger charge is -2.19. The van der Waals surface area contributed by atoms with Gasteiger partial charge in [-0.2, -0.15) is 4.98 Å². The number of allylic oxidation sites excluding steroid dienone is 5. The minimum Gasteiger partial charge on any atom is -0.507 e. The molecule has 1 aromatic carbocycles. The van der Waals surface area contributed by atoms with E-state index in [0.29, 0.717) is 16.7 Å². The zero-order valence-corrected chi connectivity index (χ0v) is 17.8. The van der Waals surface area contributed by atoms with Gasteiger partial charge >= 0.3 is 5.69 Å². The van der Waals surface area contributed by atoms with Crippen LogP contribution in [0.2, 0.25) is 0 Å². The SMILES string of the molecule is C=C(/C(=C\C=C/C)n1c(=O)nc(C)c2cc(F)c(-c3c(O)cccc3F)nc21)C(C)C. The van der Waals surface area contributed by atoms with Crippen LogP contribution < -0.4 is 5.69 Å². The van der Waals surface area contributed by atoms with Crippen LogP contribution in [0.4, 0.5) is 8.78 Å². The average molecular weight is 423 g/mol. The van der Waals surface area contributed by atoms with Crippen LogP contribution in [-0.2, 0) is 0 Å². The highest BCUT2D eigenvalue weighted by atomic mass is 19.1. The molecular weight excluding hydrogens is 400 g/mol. The third-order valence-electron chi connectivity index (χ3n) is 4.95. The second-order valence-electron chi connectivity index (χ2n) is 7.40. The highest BCUT2D eigenvalue weighted by Gasteiger charge is 2.22. The number of hydrogen-bond acceptors (Lipinski definition) is 4. The first kappa shape index (κ1) is 22.1. The maximum atomic E-state index is 15.0. The quantitative estimate of drug-likeness (QED) is 0.560. The topological polar surface area (TPSA) is 68.0 Å². The number of phenolic OH excluding ortho intramolecular Hbond substituents is 1. The normalized spacial score (nSPS) is 12.3. The molecule has 3 aromatic rings. The molecule has 0 amide bonds. The van der Waals surface area contributed by atoms with Crippen LogP contribution in [0.1, 0.15) is 26.5 Å². The molecular formula is C24H23F2N3O2. The van der Waals surface area contributed by atoms with Crippen molar-refractivity contribution in [2.75, 3.05) is 0 Å². The van der Waals surface area contributed by atoms with E-state index in [1.54, 1.807) is 25.2 Å². The number of benzene rings is 1. The van der Waals surface area contributed by atoms with E-state index in [2.05, 4.69) is 16.5 Å². The minimum absolute atomic E-state index is 0.00436. The molecule has 31 heavy (non-hydrogen) atoms. The second-order valence-corrected chi connectivity index (χ2v) is 7.40. The van der Waals surface area contributed by atoms with Crippen LogP contribution in [0.25, 0.3) is 28.0 Å². The average Bonchev–Trinajstić information content (AvgIpc) is 2.70. The Morgan fingerprint density at radius 3 is 2.55 bits per heavy atom. The van der Waals surface area contributed by atoms with E-state index in [9.17, 15) is 18.7 Å². The lowest BCUT2D eigenvalue weighted by Crippen LogP contribution is -2.26. The molecule has 0 aliphatic carbocycles. The van der Waals surface area contributed by atoms with Crippen molar-refractivity contribution in [3.8, 4) is 17.0 Å². The molecule has 7 heteroatoms. The first-order chi connectivity index (χ1) is 14.7. The number of aromatic nitrogens is 3. The number of halogens is 2. The van der Waals surface area contributed by atoms with Crippen molar-refractivity contribution < 1.29 is 13.9 Å². The van der Waals surface area contributed by atoms with Gasteiger partial charge in [0.25, 0.3) is 0 Å². The van der Waals surface area contributed by atoms with Crippen molar-refractivity contribution in [3.05, 3.63) is 82.5 Å². The van der Waals surface area contributed by atoms with Gasteiger partial charge in [0.05, 0.1) is 17.0 Å². The Labute approximate surface area is 178 Å². The van der Waals surface area contributed by atoms with Crippen LogP contribution in [0.3, 0.4) is 0 Å². The third kappa shape index (κ3) is 4.03. The van der Waals surface area contributed by atoms with Crippen molar-refractivity contribution >= 4 is 16.7 Å². The summed E-state index contributed by atoms with van der Waals surface area (Å²) in [5, 5.41) is 10.4. The van der Waals surface area contributed by atoms with Crippen LogP contribution >= 0.6 is 0 Å². The van der Waals surface area contributed by atoms with Crippen molar-refractivity contribution in [1.29, 1.82) is 0 Å². The smallest absolute Gasteiger partial charge is 0.354 e. The zero-order chi connectivity index (χ0) is 22.9. The number of rotatable bonds is 5. The summed E-state index contributed by atoms with van der Waals surface area (Å²) in [5.41, 5.74) is 0.0679. The number of hydrogen-bond donors (Lipinski definition) is 1. The Morgan fingerprint density at radius 2 is 1.94 bits per heavy atom. The predicted octanol–water partition coefficient (Wildman–Crippen LogP) is 5.38. The van der Waals surface area contributed by atoms with Gasteiger partial charge in [-0.05, 0) is 49.6 Å². The van der Waals surface area contributed by atoms with Gasteiger partial charge in [0.2, 0.25) is 0 Å². The molecule has 0 aliphatic heterocycles. The summed E-state index contributed by atoms with van der Waals surface area (Å²) in [6.07, 6.45) is 5.23. The van der Waals surface area contributed by atoms with E-state index in [1.165, 1.54) is 16.7 Å². The number of aryl methyl sites for hydroxylation is 1. The fourth-order valence-corrected chi connectivity index (χ4v) is 3.21. The molecule has 3 rings (SSSR count). The number of phenols is 1. The lowest BCUT2D eigenvalue weighted by molar-refractivity contribution is 0.470. The van der Waals surface area contributed by atoms with Gasteiger partial charge in [0.1, 0.15) is 17.3 Å². The highest BCUT2D eigenvalue weighted by Crippen LogP contribution is 2.34. The number of nitrogens with zero attached hydrogens (tertiary/aromatic N) is 3. The second kappa shape index (κ2) is 8.63. The monoisotopic (exact) mass is 423 g/mol. The number of aromatic hydroxyl groups is 1. The molecule has 160 valence electrons. The molecule has 0 aliphatic rings. The fourth-order valence-electron chi connectivity index (χ4n) is 3.21. The minimum atomic E-state index is -0.843. The van der Waals surface area contributed by atoms with Crippen LogP contribution in [-0.4, -0.2) is 19.6 Å². The molecule has 0 fully saturated rings. The van der Waals surface area contributed by atoms with Gasteiger partial charge < -0.3 is 5.11 Å². The molecule has 1 N–H and O–H groups in total. The van der Waals surface area contributed by atoms with E-state index in [0.717, 1.165) is 12.1 Å². The number of pyridine rings is 1. The maximum absolute atomic E-state index is 15.0. The van der Waals surface area contributed by atoms with Crippen molar-refractivity contribution in [2.45, 2.75) is 27.7 Å². The van der Waals surface area contributed by atoms with Crippen molar-refractivity contribution in [1.82, 2.24) is 14.5 Å². The molecule has 0 spiro atoms. The Hall–Kier alpha value is -3.61. The first-order valence-electron chi connectivity index (χ1n) is 9.77. The van der Waals surface area contributed by atoms with E-state index in [-0.39, 0.29) is 22.8 Å². The van der Waals surface area contributed by atoms with Gasteiger partial charge in [0, 0.05) is 5.39 Å². The van der Waals surface area contributed by atoms with Gasteiger partial charge in [-0.1, -0.05) is 38.6 Å². The third-order valence-corrected chi connectivity index (χ3v) is 4.95. The Kier molecular flexibility index (Phi) is 6.15. The molecule has 0 unspecified atom stereocenters. The van der Waals surface area contributed by atoms with Crippen LogP contribution in [0.5, 0.6) is 5.75 Å². The summed E-state index contributed by atoms with van der Waals surface area (Å²) in [4.78, 5) is 21.3. The lowest BCUT2D eigenvalue weighted by atomic mass is 10.0. The van der Waals surface area contributed by atoms with E-state index in [4.69, 9.17) is 0 Å². The predicted molar refractivity (Wildman–Crippen MR) is 119 cm³/mol. The van der Waals surface area contributed by atoms with Crippen LogP contribution in [0, 0.1) is 24.5 Å². The van der Waals surface area contributed by atoms with E-state index < -0.39 is 28.8 Å².